The van der Waals surface area contributed by atoms with E-state index in [9.17, 15) is 19.8 Å². The number of carbonyl (C=O) groups is 2. The summed E-state index contributed by atoms with van der Waals surface area (Å²) in [7, 11) is 0. The number of carboxylic acids is 1. The van der Waals surface area contributed by atoms with Crippen molar-refractivity contribution >= 4 is 11.9 Å². The maximum absolute atomic E-state index is 11.5. The van der Waals surface area contributed by atoms with Gasteiger partial charge in [-0.1, -0.05) is 18.2 Å². The highest BCUT2D eigenvalue weighted by atomic mass is 16.4. The van der Waals surface area contributed by atoms with Crippen LogP contribution in [-0.2, 0) is 9.59 Å². The number of aliphatic carboxylic acids is 1. The first-order valence-electron chi connectivity index (χ1n) is 7.58. The molecule has 0 aliphatic carbocycles. The molecule has 1 aliphatic rings. The summed E-state index contributed by atoms with van der Waals surface area (Å²) >= 11 is 0. The van der Waals surface area contributed by atoms with Crippen LogP contribution in [0.3, 0.4) is 0 Å². The molecular weight excluding hydrogens is 284 g/mol. The van der Waals surface area contributed by atoms with E-state index < -0.39 is 24.2 Å². The van der Waals surface area contributed by atoms with Crippen molar-refractivity contribution in [2.75, 3.05) is 0 Å². The van der Waals surface area contributed by atoms with Gasteiger partial charge in [0.1, 0.15) is 6.04 Å². The summed E-state index contributed by atoms with van der Waals surface area (Å²) in [4.78, 5) is 22.7. The lowest BCUT2D eigenvalue weighted by Gasteiger charge is -2.32. The molecule has 1 saturated heterocycles. The fourth-order valence-corrected chi connectivity index (χ4v) is 2.96. The van der Waals surface area contributed by atoms with Gasteiger partial charge in [0.25, 0.3) is 0 Å². The number of nitrogens with one attached hydrogen (secondary N) is 2. The van der Waals surface area contributed by atoms with Gasteiger partial charge in [0.2, 0.25) is 5.91 Å². The highest BCUT2D eigenvalue weighted by molar-refractivity contribution is 5.75. The van der Waals surface area contributed by atoms with Crippen LogP contribution in [0.4, 0.5) is 0 Å². The Hall–Kier alpha value is -1.66. The average molecular weight is 310 g/mol. The molecule has 1 fully saturated rings. The van der Waals surface area contributed by atoms with Crippen LogP contribution in [0.15, 0.2) is 24.8 Å². The van der Waals surface area contributed by atoms with Gasteiger partial charge < -0.3 is 15.5 Å². The van der Waals surface area contributed by atoms with Crippen molar-refractivity contribution in [1.82, 2.24) is 10.6 Å². The zero-order chi connectivity index (χ0) is 16.7. The van der Waals surface area contributed by atoms with Crippen LogP contribution >= 0.6 is 0 Å². The second kappa shape index (κ2) is 8.70. The number of aliphatic hydroxyl groups excluding tert-OH is 1. The molecule has 1 rings (SSSR count). The SMILES string of the molecule is C=CCC[C@@H](O)[C@H](NC(C)=O)[C@@H]1N[C@@H](C(=O)O)C[C@H]1/C=C\C. The molecule has 1 aliphatic heterocycles. The van der Waals surface area contributed by atoms with Crippen molar-refractivity contribution < 1.29 is 19.8 Å². The van der Waals surface area contributed by atoms with Crippen LogP contribution in [0, 0.1) is 5.92 Å². The van der Waals surface area contributed by atoms with Crippen molar-refractivity contribution in [2.45, 2.75) is 57.3 Å². The molecule has 0 spiro atoms. The first-order valence-corrected chi connectivity index (χ1v) is 7.58. The minimum Gasteiger partial charge on any atom is -0.480 e. The van der Waals surface area contributed by atoms with E-state index in [1.54, 1.807) is 6.08 Å². The van der Waals surface area contributed by atoms with E-state index >= 15 is 0 Å². The Balaban J connectivity index is 2.95. The van der Waals surface area contributed by atoms with Crippen molar-refractivity contribution in [2.24, 2.45) is 5.92 Å². The van der Waals surface area contributed by atoms with Gasteiger partial charge in [0.15, 0.2) is 0 Å². The lowest BCUT2D eigenvalue weighted by atomic mass is 9.89. The number of hydrogen-bond donors (Lipinski definition) is 4. The van der Waals surface area contributed by atoms with Gasteiger partial charge in [-0.3, -0.25) is 14.9 Å². The third kappa shape index (κ3) is 4.96. The first kappa shape index (κ1) is 18.4. The summed E-state index contributed by atoms with van der Waals surface area (Å²) in [6.07, 6.45) is 6.27. The quantitative estimate of drug-likeness (QED) is 0.498. The number of carboxylic acid groups (broad SMARTS) is 1. The topological polar surface area (TPSA) is 98.7 Å². The lowest BCUT2D eigenvalue weighted by molar-refractivity contribution is -0.139. The van der Waals surface area contributed by atoms with E-state index in [1.807, 2.05) is 19.1 Å². The van der Waals surface area contributed by atoms with Gasteiger partial charge >= 0.3 is 5.97 Å². The van der Waals surface area contributed by atoms with Crippen molar-refractivity contribution in [3.63, 3.8) is 0 Å². The molecule has 0 bridgehead atoms. The predicted octanol–water partition coefficient (Wildman–Crippen LogP) is 0.826. The van der Waals surface area contributed by atoms with Crippen molar-refractivity contribution in [3.8, 4) is 0 Å². The number of allylic oxidation sites excluding steroid dienone is 2. The van der Waals surface area contributed by atoms with Crippen LogP contribution in [0.2, 0.25) is 0 Å². The zero-order valence-electron chi connectivity index (χ0n) is 13.2. The van der Waals surface area contributed by atoms with Crippen LogP contribution in [0.1, 0.15) is 33.1 Å². The fraction of sp³-hybridized carbons (Fsp3) is 0.625. The Kier molecular flexibility index (Phi) is 7.27. The average Bonchev–Trinajstić information content (AvgIpc) is 2.86. The normalized spacial score (nSPS) is 27.5. The van der Waals surface area contributed by atoms with Crippen molar-refractivity contribution in [1.29, 1.82) is 0 Å². The molecule has 0 aromatic carbocycles. The summed E-state index contributed by atoms with van der Waals surface area (Å²) in [6.45, 7) is 6.89. The summed E-state index contributed by atoms with van der Waals surface area (Å²) in [5, 5.41) is 25.4. The number of hydrogen-bond acceptors (Lipinski definition) is 4. The molecule has 6 nitrogen and oxygen atoms in total. The van der Waals surface area contributed by atoms with Gasteiger partial charge in [-0.25, -0.2) is 0 Å². The van der Waals surface area contributed by atoms with Crippen LogP contribution in [0.5, 0.6) is 0 Å². The molecule has 1 amide bonds. The highest BCUT2D eigenvalue weighted by Gasteiger charge is 2.42. The minimum atomic E-state index is -0.917. The zero-order valence-corrected chi connectivity index (χ0v) is 13.2. The standard InChI is InChI=1S/C16H26N2O4/c1-4-6-8-13(20)15(17-10(3)19)14-11(7-5-2)9-12(18-14)16(21)22/h4-5,7,11-15,18,20H,1,6,8-9H2,2-3H3,(H,17,19)(H,21,22)/b7-5-/t11-,12-,13-,14-,15+/m1/s1. The van der Waals surface area contributed by atoms with Gasteiger partial charge in [-0.2, -0.15) is 0 Å². The third-order valence-electron chi connectivity index (χ3n) is 3.94. The maximum Gasteiger partial charge on any atom is 0.320 e. The largest absolute Gasteiger partial charge is 0.480 e. The Morgan fingerprint density at radius 1 is 1.50 bits per heavy atom. The Labute approximate surface area is 131 Å². The Morgan fingerprint density at radius 2 is 2.18 bits per heavy atom. The summed E-state index contributed by atoms with van der Waals surface area (Å²) in [6, 6.07) is -1.53. The molecule has 0 radical (unpaired) electrons. The van der Waals surface area contributed by atoms with Gasteiger partial charge in [0.05, 0.1) is 12.1 Å². The highest BCUT2D eigenvalue weighted by Crippen LogP contribution is 2.27. The third-order valence-corrected chi connectivity index (χ3v) is 3.94. The van der Waals surface area contributed by atoms with Crippen LogP contribution < -0.4 is 10.6 Å². The van der Waals surface area contributed by atoms with Gasteiger partial charge in [0, 0.05) is 13.0 Å². The molecule has 1 heterocycles. The Bertz CT molecular complexity index is 436. The van der Waals surface area contributed by atoms with Crippen LogP contribution in [0.25, 0.3) is 0 Å². The van der Waals surface area contributed by atoms with E-state index in [1.165, 1.54) is 6.92 Å². The summed E-state index contributed by atoms with van der Waals surface area (Å²) in [5.41, 5.74) is 0. The van der Waals surface area contributed by atoms with Gasteiger partial charge in [-0.15, -0.1) is 6.58 Å². The number of amides is 1. The van der Waals surface area contributed by atoms with Crippen molar-refractivity contribution in [3.05, 3.63) is 24.8 Å². The van der Waals surface area contributed by atoms with Crippen LogP contribution in [-0.4, -0.2) is 46.3 Å². The minimum absolute atomic E-state index is 0.0543. The van der Waals surface area contributed by atoms with E-state index in [4.69, 9.17) is 0 Å². The molecule has 22 heavy (non-hydrogen) atoms. The number of carbonyl (C=O) groups excluding carboxylic acids is 1. The molecule has 6 heteroatoms. The fourth-order valence-electron chi connectivity index (χ4n) is 2.96. The Morgan fingerprint density at radius 3 is 2.68 bits per heavy atom. The smallest absolute Gasteiger partial charge is 0.320 e. The summed E-state index contributed by atoms with van der Waals surface area (Å²) < 4.78 is 0. The second-order valence-corrected chi connectivity index (χ2v) is 5.67. The number of rotatable bonds is 8. The molecule has 0 aromatic rings. The molecule has 0 aromatic heterocycles. The first-order chi connectivity index (χ1) is 10.4. The van der Waals surface area contributed by atoms with Gasteiger partial charge in [-0.05, 0) is 32.1 Å². The van der Waals surface area contributed by atoms with E-state index in [-0.39, 0.29) is 17.9 Å². The maximum atomic E-state index is 11.5. The molecular formula is C16H26N2O4. The van der Waals surface area contributed by atoms with E-state index in [0.717, 1.165) is 0 Å². The molecule has 0 unspecified atom stereocenters. The monoisotopic (exact) mass is 310 g/mol. The summed E-state index contributed by atoms with van der Waals surface area (Å²) in [5.74, 6) is -1.22. The molecule has 124 valence electrons. The second-order valence-electron chi connectivity index (χ2n) is 5.67. The lowest BCUT2D eigenvalue weighted by Crippen LogP contribution is -2.56. The predicted molar refractivity (Wildman–Crippen MR) is 84.3 cm³/mol. The number of aliphatic hydroxyl groups is 1. The molecule has 0 saturated carbocycles. The molecule has 4 N–H and O–H groups in total. The molecule has 5 atom stereocenters. The van der Waals surface area contributed by atoms with E-state index in [0.29, 0.717) is 19.3 Å². The van der Waals surface area contributed by atoms with E-state index in [2.05, 4.69) is 17.2 Å².